The molecule has 24 heavy (non-hydrogen) atoms. The molecule has 4 aromatic rings. The number of aromatic nitrogens is 2. The lowest BCUT2D eigenvalue weighted by Crippen LogP contribution is -2.22. The van der Waals surface area contributed by atoms with E-state index in [9.17, 15) is 13.6 Å². The second-order valence-corrected chi connectivity index (χ2v) is 6.09. The summed E-state index contributed by atoms with van der Waals surface area (Å²) >= 11 is 1.29. The monoisotopic (exact) mass is 344 g/mol. The molecule has 0 radical (unpaired) electrons. The number of rotatable bonds is 3. The van der Waals surface area contributed by atoms with Crippen LogP contribution >= 0.6 is 11.3 Å². The normalized spacial score (nSPS) is 12.5. The number of alkyl halides is 2. The summed E-state index contributed by atoms with van der Waals surface area (Å²) in [6, 6.07) is 13.6. The summed E-state index contributed by atoms with van der Waals surface area (Å²) in [7, 11) is 0. The van der Waals surface area contributed by atoms with Crippen LogP contribution in [0.5, 0.6) is 5.75 Å². The molecule has 0 unspecified atom stereocenters. The molecule has 7 heteroatoms. The van der Waals surface area contributed by atoms with Crippen LogP contribution in [0.25, 0.3) is 22.1 Å². The number of ether oxygens (including phenoxy) is 1. The number of hydrogen-bond donors (Lipinski definition) is 0. The number of imidazole rings is 1. The Balaban J connectivity index is 1.80. The van der Waals surface area contributed by atoms with Crippen LogP contribution in [-0.4, -0.2) is 16.0 Å². The van der Waals surface area contributed by atoms with E-state index < -0.39 is 6.61 Å². The van der Waals surface area contributed by atoms with E-state index in [-0.39, 0.29) is 11.3 Å². The van der Waals surface area contributed by atoms with Crippen molar-refractivity contribution in [2.45, 2.75) is 6.61 Å². The zero-order chi connectivity index (χ0) is 16.7. The Hall–Kier alpha value is -2.80. The average Bonchev–Trinajstić information content (AvgIpc) is 3.06. The topological polar surface area (TPSA) is 43.6 Å². The molecular weight excluding hydrogens is 334 g/mol. The molecule has 0 N–H and O–H groups in total. The second kappa shape index (κ2) is 5.68. The number of fused-ring (bicyclic) bond motifs is 3. The first-order chi connectivity index (χ1) is 11.6. The molecule has 0 aliphatic carbocycles. The van der Waals surface area contributed by atoms with E-state index in [1.807, 2.05) is 24.3 Å². The molecule has 0 amide bonds. The quantitative estimate of drug-likeness (QED) is 0.574. The van der Waals surface area contributed by atoms with E-state index >= 15 is 0 Å². The highest BCUT2D eigenvalue weighted by Gasteiger charge is 2.10. The van der Waals surface area contributed by atoms with E-state index in [2.05, 4.69) is 9.72 Å². The minimum absolute atomic E-state index is 0.0801. The molecule has 120 valence electrons. The van der Waals surface area contributed by atoms with E-state index in [0.29, 0.717) is 9.49 Å². The summed E-state index contributed by atoms with van der Waals surface area (Å²) in [5.41, 5.74) is 2.13. The lowest BCUT2D eigenvalue weighted by Gasteiger charge is -2.03. The molecule has 2 heterocycles. The Morgan fingerprint density at radius 3 is 2.62 bits per heavy atom. The number of benzene rings is 2. The van der Waals surface area contributed by atoms with Crippen molar-refractivity contribution in [2.24, 2.45) is 0 Å². The first-order valence-electron chi connectivity index (χ1n) is 7.08. The van der Waals surface area contributed by atoms with Gasteiger partial charge in [0, 0.05) is 0 Å². The molecule has 0 aliphatic heterocycles. The zero-order valence-electron chi connectivity index (χ0n) is 12.1. The first kappa shape index (κ1) is 14.8. The number of thiazole rings is 1. The Morgan fingerprint density at radius 2 is 1.88 bits per heavy atom. The molecule has 0 atom stereocenters. The van der Waals surface area contributed by atoms with Gasteiger partial charge in [0.1, 0.15) is 5.75 Å². The highest BCUT2D eigenvalue weighted by Crippen LogP contribution is 2.17. The minimum Gasteiger partial charge on any atom is -0.435 e. The van der Waals surface area contributed by atoms with E-state index in [1.165, 1.54) is 23.5 Å². The summed E-state index contributed by atoms with van der Waals surface area (Å²) < 4.78 is 30.7. The molecular formula is C17H10F2N2O2S. The Labute approximate surface area is 138 Å². The van der Waals surface area contributed by atoms with Crippen molar-refractivity contribution in [2.75, 3.05) is 0 Å². The summed E-state index contributed by atoms with van der Waals surface area (Å²) in [6.07, 6.45) is 1.71. The third kappa shape index (κ3) is 2.52. The van der Waals surface area contributed by atoms with Crippen molar-refractivity contribution < 1.29 is 13.5 Å². The summed E-state index contributed by atoms with van der Waals surface area (Å²) in [4.78, 5) is 17.7. The van der Waals surface area contributed by atoms with Gasteiger partial charge < -0.3 is 4.74 Å². The van der Waals surface area contributed by atoms with E-state index in [0.717, 1.165) is 16.6 Å². The fourth-order valence-electron chi connectivity index (χ4n) is 2.51. The number of hydrogen-bond acceptors (Lipinski definition) is 4. The third-order valence-electron chi connectivity index (χ3n) is 3.55. The van der Waals surface area contributed by atoms with Gasteiger partial charge >= 0.3 is 6.61 Å². The van der Waals surface area contributed by atoms with Crippen molar-refractivity contribution in [3.63, 3.8) is 0 Å². The van der Waals surface area contributed by atoms with Crippen molar-refractivity contribution in [1.29, 1.82) is 0 Å². The van der Waals surface area contributed by atoms with Crippen LogP contribution in [0.3, 0.4) is 0 Å². The standard InChI is InChI=1S/C17H10F2N2O2S/c18-16(19)23-11-7-5-10(6-8-11)9-14-15(22)21-13-4-2-1-3-12(13)20-17(21)24-14/h1-9,16H/b14-9-. The Morgan fingerprint density at radius 1 is 1.12 bits per heavy atom. The predicted octanol–water partition coefficient (Wildman–Crippen LogP) is 3.06. The minimum atomic E-state index is -2.86. The lowest BCUT2D eigenvalue weighted by molar-refractivity contribution is -0.0498. The van der Waals surface area contributed by atoms with Gasteiger partial charge in [-0.25, -0.2) is 9.38 Å². The maximum Gasteiger partial charge on any atom is 0.387 e. The number of halogens is 2. The van der Waals surface area contributed by atoms with Crippen LogP contribution in [0, 0.1) is 0 Å². The van der Waals surface area contributed by atoms with Gasteiger partial charge in [-0.1, -0.05) is 35.6 Å². The van der Waals surface area contributed by atoms with Gasteiger partial charge in [0.2, 0.25) is 0 Å². The Bertz CT molecular complexity index is 1130. The van der Waals surface area contributed by atoms with Crippen molar-refractivity contribution >= 4 is 33.4 Å². The highest BCUT2D eigenvalue weighted by atomic mass is 32.1. The smallest absolute Gasteiger partial charge is 0.387 e. The van der Waals surface area contributed by atoms with Gasteiger partial charge in [-0.3, -0.25) is 4.79 Å². The maximum atomic E-state index is 12.6. The molecule has 0 spiro atoms. The first-order valence-corrected chi connectivity index (χ1v) is 7.90. The lowest BCUT2D eigenvalue weighted by atomic mass is 10.2. The van der Waals surface area contributed by atoms with Crippen LogP contribution in [0.1, 0.15) is 5.56 Å². The fourth-order valence-corrected chi connectivity index (χ4v) is 3.50. The van der Waals surface area contributed by atoms with Crippen LogP contribution in [-0.2, 0) is 0 Å². The van der Waals surface area contributed by atoms with Crippen LogP contribution in [0.15, 0.2) is 53.3 Å². The van der Waals surface area contributed by atoms with Gasteiger partial charge in [-0.2, -0.15) is 8.78 Å². The van der Waals surface area contributed by atoms with E-state index in [1.54, 1.807) is 22.6 Å². The van der Waals surface area contributed by atoms with Crippen molar-refractivity contribution in [3.05, 3.63) is 69.0 Å². The van der Waals surface area contributed by atoms with Gasteiger partial charge in [-0.05, 0) is 35.9 Å². The number of nitrogens with zero attached hydrogens (tertiary/aromatic N) is 2. The summed E-state index contributed by atoms with van der Waals surface area (Å²) in [5, 5.41) is 0. The van der Waals surface area contributed by atoms with Crippen molar-refractivity contribution in [3.8, 4) is 5.75 Å². The summed E-state index contributed by atoms with van der Waals surface area (Å²) in [5.74, 6) is 0.0801. The maximum absolute atomic E-state index is 12.6. The fraction of sp³-hybridized carbons (Fsp3) is 0.0588. The van der Waals surface area contributed by atoms with Crippen LogP contribution in [0.2, 0.25) is 0 Å². The van der Waals surface area contributed by atoms with Crippen molar-refractivity contribution in [1.82, 2.24) is 9.38 Å². The number of para-hydroxylation sites is 2. The predicted molar refractivity (Wildman–Crippen MR) is 88.7 cm³/mol. The SMILES string of the molecule is O=c1/c(=C/c2ccc(OC(F)F)cc2)sc2nc3ccccc3n12. The highest BCUT2D eigenvalue weighted by molar-refractivity contribution is 7.15. The van der Waals surface area contributed by atoms with E-state index in [4.69, 9.17) is 0 Å². The zero-order valence-corrected chi connectivity index (χ0v) is 13.0. The molecule has 0 saturated carbocycles. The largest absolute Gasteiger partial charge is 0.435 e. The molecule has 0 fully saturated rings. The Kier molecular flexibility index (Phi) is 3.50. The van der Waals surface area contributed by atoms with Gasteiger partial charge in [-0.15, -0.1) is 0 Å². The average molecular weight is 344 g/mol. The molecule has 0 saturated heterocycles. The third-order valence-corrected chi connectivity index (χ3v) is 4.52. The molecule has 2 aromatic carbocycles. The molecule has 4 nitrogen and oxygen atoms in total. The van der Waals surface area contributed by atoms with Crippen LogP contribution < -0.4 is 14.8 Å². The summed E-state index contributed by atoms with van der Waals surface area (Å²) in [6.45, 7) is -2.86. The molecule has 0 aliphatic rings. The molecule has 2 aromatic heterocycles. The van der Waals surface area contributed by atoms with Gasteiger partial charge in [0.25, 0.3) is 5.56 Å². The van der Waals surface area contributed by atoms with Gasteiger partial charge in [0.05, 0.1) is 15.6 Å². The van der Waals surface area contributed by atoms with Gasteiger partial charge in [0.15, 0.2) is 4.96 Å². The molecule has 0 bridgehead atoms. The van der Waals surface area contributed by atoms with Crippen LogP contribution in [0.4, 0.5) is 8.78 Å². The second-order valence-electron chi connectivity index (χ2n) is 5.08. The molecule has 4 rings (SSSR count).